The maximum atomic E-state index is 5.74. The van der Waals surface area contributed by atoms with Crippen molar-refractivity contribution in [3.63, 3.8) is 0 Å². The molecular weight excluding hydrogens is 302 g/mol. The van der Waals surface area contributed by atoms with E-state index in [4.69, 9.17) is 5.73 Å². The minimum absolute atomic E-state index is 0.579. The molecule has 0 fully saturated rings. The summed E-state index contributed by atoms with van der Waals surface area (Å²) < 4.78 is 1.10. The first-order valence-corrected chi connectivity index (χ1v) is 7.41. The number of hydrogen-bond acceptors (Lipinski definition) is 3. The molecule has 0 unspecified atom stereocenters. The Morgan fingerprint density at radius 1 is 1.26 bits per heavy atom. The molecule has 3 nitrogen and oxygen atoms in total. The van der Waals surface area contributed by atoms with Gasteiger partial charge in [-0.2, -0.15) is 0 Å². The van der Waals surface area contributed by atoms with E-state index in [2.05, 4.69) is 51.8 Å². The van der Waals surface area contributed by atoms with Crippen molar-refractivity contribution in [2.75, 3.05) is 24.5 Å². The van der Waals surface area contributed by atoms with Crippen LogP contribution in [0.15, 0.2) is 34.9 Å². The Kier molecular flexibility index (Phi) is 4.77. The lowest BCUT2D eigenvalue weighted by atomic mass is 10.1. The average Bonchev–Trinajstić information content (AvgIpc) is 2.38. The Morgan fingerprint density at radius 2 is 2.05 bits per heavy atom. The molecule has 0 radical (unpaired) electrons. The second-order valence-corrected chi connectivity index (χ2v) is 5.95. The Hall–Kier alpha value is -1.13. The SMILES string of the molecule is CC(C)CN(CCN)c1nccc2c(Br)cccc12. The van der Waals surface area contributed by atoms with Crippen molar-refractivity contribution in [2.45, 2.75) is 13.8 Å². The Bertz CT molecular complexity index is 554. The number of fused-ring (bicyclic) bond motifs is 1. The van der Waals surface area contributed by atoms with Crippen LogP contribution >= 0.6 is 15.9 Å². The van der Waals surface area contributed by atoms with Crippen LogP contribution in [0.3, 0.4) is 0 Å². The zero-order valence-electron chi connectivity index (χ0n) is 11.4. The molecule has 0 bridgehead atoms. The lowest BCUT2D eigenvalue weighted by Crippen LogP contribution is -2.33. The number of benzene rings is 1. The molecule has 1 aromatic heterocycles. The van der Waals surface area contributed by atoms with E-state index >= 15 is 0 Å². The lowest BCUT2D eigenvalue weighted by Gasteiger charge is -2.26. The fraction of sp³-hybridized carbons (Fsp3) is 0.400. The molecule has 2 aromatic rings. The molecule has 2 rings (SSSR count). The number of nitrogens with zero attached hydrogens (tertiary/aromatic N) is 2. The molecule has 102 valence electrons. The van der Waals surface area contributed by atoms with Crippen LogP contribution in [0.1, 0.15) is 13.8 Å². The summed E-state index contributed by atoms with van der Waals surface area (Å²) in [6, 6.07) is 8.26. The summed E-state index contributed by atoms with van der Waals surface area (Å²) in [4.78, 5) is 6.85. The van der Waals surface area contributed by atoms with Crippen LogP contribution in [-0.4, -0.2) is 24.6 Å². The molecule has 1 heterocycles. The molecule has 2 N–H and O–H groups in total. The minimum Gasteiger partial charge on any atom is -0.355 e. The molecule has 0 aliphatic carbocycles. The molecule has 19 heavy (non-hydrogen) atoms. The zero-order chi connectivity index (χ0) is 13.8. The first kappa shape index (κ1) is 14.3. The summed E-state index contributed by atoms with van der Waals surface area (Å²) in [7, 11) is 0. The second kappa shape index (κ2) is 6.35. The third-order valence-corrected chi connectivity index (χ3v) is 3.71. The maximum absolute atomic E-state index is 5.74. The smallest absolute Gasteiger partial charge is 0.136 e. The van der Waals surface area contributed by atoms with E-state index < -0.39 is 0 Å². The van der Waals surface area contributed by atoms with Gasteiger partial charge in [0.05, 0.1) is 0 Å². The monoisotopic (exact) mass is 321 g/mol. The van der Waals surface area contributed by atoms with E-state index in [0.717, 1.165) is 23.4 Å². The normalized spacial score (nSPS) is 11.2. The van der Waals surface area contributed by atoms with Crippen LogP contribution in [0.25, 0.3) is 10.8 Å². The quantitative estimate of drug-likeness (QED) is 0.917. The fourth-order valence-corrected chi connectivity index (χ4v) is 2.78. The molecule has 0 aliphatic heterocycles. The van der Waals surface area contributed by atoms with Crippen LogP contribution in [0.2, 0.25) is 0 Å². The van der Waals surface area contributed by atoms with Crippen LogP contribution < -0.4 is 10.6 Å². The van der Waals surface area contributed by atoms with Crippen molar-refractivity contribution < 1.29 is 0 Å². The number of pyridine rings is 1. The predicted molar refractivity (Wildman–Crippen MR) is 85.5 cm³/mol. The van der Waals surface area contributed by atoms with Gasteiger partial charge in [-0.3, -0.25) is 0 Å². The van der Waals surface area contributed by atoms with Gasteiger partial charge in [-0.05, 0) is 18.1 Å². The van der Waals surface area contributed by atoms with Crippen LogP contribution in [0.5, 0.6) is 0 Å². The average molecular weight is 322 g/mol. The van der Waals surface area contributed by atoms with Crippen molar-refractivity contribution in [1.82, 2.24) is 4.98 Å². The summed E-state index contributed by atoms with van der Waals surface area (Å²) in [5.41, 5.74) is 5.74. The molecular formula is C15H20BrN3. The number of rotatable bonds is 5. The maximum Gasteiger partial charge on any atom is 0.136 e. The number of hydrogen-bond donors (Lipinski definition) is 1. The Labute approximate surface area is 122 Å². The molecule has 0 amide bonds. The largest absolute Gasteiger partial charge is 0.355 e. The lowest BCUT2D eigenvalue weighted by molar-refractivity contribution is 0.608. The third kappa shape index (κ3) is 3.25. The van der Waals surface area contributed by atoms with Gasteiger partial charge in [0.2, 0.25) is 0 Å². The topological polar surface area (TPSA) is 42.1 Å². The van der Waals surface area contributed by atoms with Crippen molar-refractivity contribution >= 4 is 32.5 Å². The van der Waals surface area contributed by atoms with E-state index in [0.29, 0.717) is 12.5 Å². The highest BCUT2D eigenvalue weighted by atomic mass is 79.9. The summed E-state index contributed by atoms with van der Waals surface area (Å²) in [6.45, 7) is 6.86. The first-order chi connectivity index (χ1) is 9.13. The van der Waals surface area contributed by atoms with E-state index in [1.165, 1.54) is 10.8 Å². The predicted octanol–water partition coefficient (Wildman–Crippen LogP) is 3.42. The molecule has 1 aromatic carbocycles. The van der Waals surface area contributed by atoms with Gasteiger partial charge in [-0.25, -0.2) is 4.98 Å². The third-order valence-electron chi connectivity index (χ3n) is 3.02. The van der Waals surface area contributed by atoms with E-state index in [-0.39, 0.29) is 0 Å². The zero-order valence-corrected chi connectivity index (χ0v) is 13.0. The highest BCUT2D eigenvalue weighted by Gasteiger charge is 2.13. The Morgan fingerprint density at radius 3 is 2.74 bits per heavy atom. The molecule has 0 spiro atoms. The van der Waals surface area contributed by atoms with Gasteiger partial charge >= 0.3 is 0 Å². The summed E-state index contributed by atoms with van der Waals surface area (Å²) >= 11 is 3.60. The molecule has 0 saturated carbocycles. The number of halogens is 1. The van der Waals surface area contributed by atoms with Gasteiger partial charge in [0.1, 0.15) is 5.82 Å². The standard InChI is InChI=1S/C15H20BrN3/c1-11(2)10-19(9-7-17)15-13-4-3-5-14(16)12(13)6-8-18-15/h3-6,8,11H,7,9-10,17H2,1-2H3. The van der Waals surface area contributed by atoms with Gasteiger partial charge in [0.15, 0.2) is 0 Å². The molecule has 0 aliphatic rings. The van der Waals surface area contributed by atoms with Crippen molar-refractivity contribution in [3.8, 4) is 0 Å². The molecule has 0 saturated heterocycles. The van der Waals surface area contributed by atoms with Gasteiger partial charge in [-0.15, -0.1) is 0 Å². The fourth-order valence-electron chi connectivity index (χ4n) is 2.29. The van der Waals surface area contributed by atoms with Crippen LogP contribution in [0, 0.1) is 5.92 Å². The van der Waals surface area contributed by atoms with E-state index in [9.17, 15) is 0 Å². The number of nitrogens with two attached hydrogens (primary N) is 1. The van der Waals surface area contributed by atoms with Crippen molar-refractivity contribution in [2.24, 2.45) is 11.7 Å². The first-order valence-electron chi connectivity index (χ1n) is 6.61. The summed E-state index contributed by atoms with van der Waals surface area (Å²) in [5.74, 6) is 1.61. The highest BCUT2D eigenvalue weighted by Crippen LogP contribution is 2.29. The van der Waals surface area contributed by atoms with E-state index in [1.807, 2.05) is 18.3 Å². The number of anilines is 1. The van der Waals surface area contributed by atoms with Gasteiger partial charge in [0.25, 0.3) is 0 Å². The molecule has 4 heteroatoms. The summed E-state index contributed by atoms with van der Waals surface area (Å²) in [6.07, 6.45) is 1.87. The van der Waals surface area contributed by atoms with Gasteiger partial charge in [-0.1, -0.05) is 41.9 Å². The summed E-state index contributed by atoms with van der Waals surface area (Å²) in [5, 5.41) is 2.37. The Balaban J connectivity index is 2.50. The van der Waals surface area contributed by atoms with Crippen LogP contribution in [-0.2, 0) is 0 Å². The van der Waals surface area contributed by atoms with Gasteiger partial charge < -0.3 is 10.6 Å². The van der Waals surface area contributed by atoms with Crippen molar-refractivity contribution in [3.05, 3.63) is 34.9 Å². The second-order valence-electron chi connectivity index (χ2n) is 5.10. The van der Waals surface area contributed by atoms with Crippen LogP contribution in [0.4, 0.5) is 5.82 Å². The minimum atomic E-state index is 0.579. The molecule has 0 atom stereocenters. The van der Waals surface area contributed by atoms with Crippen molar-refractivity contribution in [1.29, 1.82) is 0 Å². The highest BCUT2D eigenvalue weighted by molar-refractivity contribution is 9.10. The van der Waals surface area contributed by atoms with E-state index in [1.54, 1.807) is 0 Å². The van der Waals surface area contributed by atoms with Gasteiger partial charge in [0, 0.05) is 41.1 Å². The number of aromatic nitrogens is 1.